The predicted molar refractivity (Wildman–Crippen MR) is 73.9 cm³/mol. The number of hydrogen-bond acceptors (Lipinski definition) is 5. The quantitative estimate of drug-likeness (QED) is 0.683. The zero-order chi connectivity index (χ0) is 13.8. The van der Waals surface area contributed by atoms with E-state index >= 15 is 0 Å². The van der Waals surface area contributed by atoms with Gasteiger partial charge in [-0.3, -0.25) is 0 Å². The van der Waals surface area contributed by atoms with Crippen LogP contribution in [0.15, 0.2) is 41.0 Å². The molecule has 0 spiro atoms. The lowest BCUT2D eigenvalue weighted by atomic mass is 10.1. The number of rotatable bonds is 1. The molecule has 0 saturated heterocycles. The average molecular weight is 282 g/mol. The molecule has 0 atom stereocenters. The molecule has 0 saturated carbocycles. The van der Waals surface area contributed by atoms with Gasteiger partial charge in [0.25, 0.3) is 0 Å². The Morgan fingerprint density at radius 2 is 1.57 bits per heavy atom. The molecule has 5 heteroatoms. The molecule has 5 rings (SSSR count). The number of hydrogen-bond donors (Lipinski definition) is 0. The topological polar surface area (TPSA) is 50.1 Å². The summed E-state index contributed by atoms with van der Waals surface area (Å²) in [6, 6.07) is 9.59. The molecule has 0 aliphatic carbocycles. The first-order valence-electron chi connectivity index (χ1n) is 6.60. The SMILES string of the molecule is c1cc2c(cc1-c1occ3ccc4c(c13)OCO4)OCO2. The molecular weight excluding hydrogens is 272 g/mol. The molecule has 104 valence electrons. The van der Waals surface area contributed by atoms with Gasteiger partial charge in [-0.15, -0.1) is 0 Å². The van der Waals surface area contributed by atoms with Gasteiger partial charge < -0.3 is 23.4 Å². The van der Waals surface area contributed by atoms with E-state index in [0.717, 1.165) is 45.1 Å². The van der Waals surface area contributed by atoms with Crippen LogP contribution in [0.5, 0.6) is 23.0 Å². The fraction of sp³-hybridized carbons (Fsp3) is 0.125. The third-order valence-electron chi connectivity index (χ3n) is 3.74. The molecule has 0 fully saturated rings. The van der Waals surface area contributed by atoms with Crippen molar-refractivity contribution in [2.45, 2.75) is 0 Å². The van der Waals surface area contributed by atoms with Gasteiger partial charge in [0, 0.05) is 10.9 Å². The van der Waals surface area contributed by atoms with E-state index in [9.17, 15) is 0 Å². The van der Waals surface area contributed by atoms with Gasteiger partial charge in [0.1, 0.15) is 5.76 Å². The van der Waals surface area contributed by atoms with E-state index in [1.807, 2.05) is 30.3 Å². The van der Waals surface area contributed by atoms with Crippen molar-refractivity contribution in [2.75, 3.05) is 13.6 Å². The highest BCUT2D eigenvalue weighted by molar-refractivity contribution is 6.00. The summed E-state index contributed by atoms with van der Waals surface area (Å²) in [6.45, 7) is 0.490. The minimum absolute atomic E-state index is 0.236. The van der Waals surface area contributed by atoms with Crippen LogP contribution in [0.3, 0.4) is 0 Å². The van der Waals surface area contributed by atoms with Crippen molar-refractivity contribution in [3.05, 3.63) is 36.6 Å². The van der Waals surface area contributed by atoms with Gasteiger partial charge in [-0.25, -0.2) is 0 Å². The van der Waals surface area contributed by atoms with E-state index < -0.39 is 0 Å². The molecule has 3 aromatic rings. The lowest BCUT2D eigenvalue weighted by Gasteiger charge is -2.03. The van der Waals surface area contributed by atoms with Gasteiger partial charge in [-0.2, -0.15) is 0 Å². The van der Waals surface area contributed by atoms with E-state index in [4.69, 9.17) is 23.4 Å². The van der Waals surface area contributed by atoms with Crippen LogP contribution in [-0.2, 0) is 0 Å². The fourth-order valence-corrected chi connectivity index (χ4v) is 2.75. The second-order valence-electron chi connectivity index (χ2n) is 4.90. The summed E-state index contributed by atoms with van der Waals surface area (Å²) < 4.78 is 27.5. The molecule has 2 aromatic carbocycles. The summed E-state index contributed by atoms with van der Waals surface area (Å²) in [6.07, 6.45) is 1.72. The van der Waals surface area contributed by atoms with E-state index in [1.165, 1.54) is 0 Å². The van der Waals surface area contributed by atoms with Gasteiger partial charge in [0.2, 0.25) is 13.6 Å². The van der Waals surface area contributed by atoms with E-state index in [0.29, 0.717) is 0 Å². The smallest absolute Gasteiger partial charge is 0.231 e. The highest BCUT2D eigenvalue weighted by Crippen LogP contribution is 2.46. The number of benzene rings is 2. The summed E-state index contributed by atoms with van der Waals surface area (Å²) in [4.78, 5) is 0. The van der Waals surface area contributed by atoms with Crippen molar-refractivity contribution >= 4 is 10.8 Å². The van der Waals surface area contributed by atoms with Gasteiger partial charge in [-0.05, 0) is 30.3 Å². The van der Waals surface area contributed by atoms with Crippen LogP contribution in [0, 0.1) is 0 Å². The predicted octanol–water partition coefficient (Wildman–Crippen LogP) is 3.56. The lowest BCUT2D eigenvalue weighted by Crippen LogP contribution is -1.93. The van der Waals surface area contributed by atoms with Crippen LogP contribution in [0.1, 0.15) is 0 Å². The fourth-order valence-electron chi connectivity index (χ4n) is 2.75. The maximum atomic E-state index is 5.75. The van der Waals surface area contributed by atoms with E-state index in [2.05, 4.69) is 0 Å². The van der Waals surface area contributed by atoms with E-state index in [1.54, 1.807) is 6.26 Å². The second kappa shape index (κ2) is 3.85. The van der Waals surface area contributed by atoms with Crippen LogP contribution in [0.4, 0.5) is 0 Å². The highest BCUT2D eigenvalue weighted by atomic mass is 16.7. The standard InChI is InChI=1S/C16H10O5/c1-3-11-13(20-7-18-11)5-9(1)15-14-10(6-17-15)2-4-12-16(14)21-8-19-12/h1-6H,7-8H2. The molecule has 3 heterocycles. The van der Waals surface area contributed by atoms with Crippen LogP contribution >= 0.6 is 0 Å². The van der Waals surface area contributed by atoms with Gasteiger partial charge in [0.15, 0.2) is 23.0 Å². The second-order valence-corrected chi connectivity index (χ2v) is 4.90. The first-order chi connectivity index (χ1) is 10.4. The number of fused-ring (bicyclic) bond motifs is 4. The van der Waals surface area contributed by atoms with Gasteiger partial charge in [-0.1, -0.05) is 0 Å². The minimum Gasteiger partial charge on any atom is -0.463 e. The first-order valence-corrected chi connectivity index (χ1v) is 6.60. The summed E-state index contributed by atoms with van der Waals surface area (Å²) in [5, 5.41) is 1.90. The van der Waals surface area contributed by atoms with Crippen molar-refractivity contribution in [1.29, 1.82) is 0 Å². The van der Waals surface area contributed by atoms with Gasteiger partial charge >= 0.3 is 0 Å². The Morgan fingerprint density at radius 1 is 0.762 bits per heavy atom. The molecule has 1 aromatic heterocycles. The minimum atomic E-state index is 0.236. The van der Waals surface area contributed by atoms with E-state index in [-0.39, 0.29) is 13.6 Å². The Kier molecular flexibility index (Phi) is 2.00. The molecule has 2 aliphatic rings. The first kappa shape index (κ1) is 10.9. The van der Waals surface area contributed by atoms with Gasteiger partial charge in [0.05, 0.1) is 11.6 Å². The molecule has 0 radical (unpaired) electrons. The Bertz CT molecular complexity index is 864. The van der Waals surface area contributed by atoms with Crippen molar-refractivity contribution in [1.82, 2.24) is 0 Å². The molecule has 2 aliphatic heterocycles. The Labute approximate surface area is 119 Å². The molecule has 0 amide bonds. The molecular formula is C16H10O5. The molecule has 0 bridgehead atoms. The number of furan rings is 1. The molecule has 0 unspecified atom stereocenters. The summed E-state index contributed by atoms with van der Waals surface area (Å²) in [5.74, 6) is 3.69. The van der Waals surface area contributed by atoms with Crippen molar-refractivity contribution < 1.29 is 23.4 Å². The maximum Gasteiger partial charge on any atom is 0.231 e. The van der Waals surface area contributed by atoms with Crippen molar-refractivity contribution in [3.8, 4) is 34.3 Å². The summed E-state index contributed by atoms with van der Waals surface area (Å²) >= 11 is 0. The molecule has 0 N–H and O–H groups in total. The third-order valence-corrected chi connectivity index (χ3v) is 3.74. The number of ether oxygens (including phenoxy) is 4. The monoisotopic (exact) mass is 282 g/mol. The van der Waals surface area contributed by atoms with Crippen LogP contribution in [0.25, 0.3) is 22.1 Å². The molecule has 21 heavy (non-hydrogen) atoms. The van der Waals surface area contributed by atoms with Crippen LogP contribution < -0.4 is 18.9 Å². The van der Waals surface area contributed by atoms with Crippen LogP contribution in [-0.4, -0.2) is 13.6 Å². The summed E-state index contributed by atoms with van der Waals surface area (Å²) in [7, 11) is 0. The maximum absolute atomic E-state index is 5.75. The summed E-state index contributed by atoms with van der Waals surface area (Å²) in [5.41, 5.74) is 0.915. The Morgan fingerprint density at radius 3 is 2.57 bits per heavy atom. The highest BCUT2D eigenvalue weighted by Gasteiger charge is 2.23. The van der Waals surface area contributed by atoms with Crippen molar-refractivity contribution in [3.63, 3.8) is 0 Å². The Hall–Kier alpha value is -2.82. The van der Waals surface area contributed by atoms with Crippen LogP contribution in [0.2, 0.25) is 0 Å². The Balaban J connectivity index is 1.76. The zero-order valence-electron chi connectivity index (χ0n) is 10.9. The lowest BCUT2D eigenvalue weighted by molar-refractivity contribution is 0.174. The molecule has 5 nitrogen and oxygen atoms in total. The normalized spacial score (nSPS) is 14.9. The largest absolute Gasteiger partial charge is 0.463 e. The zero-order valence-corrected chi connectivity index (χ0v) is 10.9. The van der Waals surface area contributed by atoms with Crippen molar-refractivity contribution in [2.24, 2.45) is 0 Å². The third kappa shape index (κ3) is 1.45. The average Bonchev–Trinajstić information content (AvgIpc) is 3.23.